The Bertz CT molecular complexity index is 979. The number of fused-ring (bicyclic) bond motifs is 1. The van der Waals surface area contributed by atoms with Crippen molar-refractivity contribution >= 4 is 17.6 Å². The first-order chi connectivity index (χ1) is 14.1. The van der Waals surface area contributed by atoms with E-state index in [4.69, 9.17) is 4.74 Å². The molecule has 0 unspecified atom stereocenters. The number of hydrogen-bond acceptors (Lipinski definition) is 4. The van der Waals surface area contributed by atoms with Crippen LogP contribution in [0.15, 0.2) is 78.9 Å². The number of nitrogens with one attached hydrogen (secondary N) is 1. The Morgan fingerprint density at radius 1 is 1.00 bits per heavy atom. The Kier molecular flexibility index (Phi) is 5.29. The predicted octanol–water partition coefficient (Wildman–Crippen LogP) is 3.63. The molecule has 0 aliphatic carbocycles. The van der Waals surface area contributed by atoms with Crippen LogP contribution < -0.4 is 15.0 Å². The molecule has 5 nitrogen and oxygen atoms in total. The number of nitrogens with zero attached hydrogens (tertiary/aromatic N) is 1. The fourth-order valence-corrected chi connectivity index (χ4v) is 3.53. The second kappa shape index (κ2) is 8.19. The van der Waals surface area contributed by atoms with Crippen LogP contribution in [0, 0.1) is 6.92 Å². The van der Waals surface area contributed by atoms with E-state index >= 15 is 0 Å². The van der Waals surface area contributed by atoms with Crippen molar-refractivity contribution in [3.63, 3.8) is 0 Å². The molecular weight excluding hydrogens is 364 g/mol. The molecule has 0 atom stereocenters. The Morgan fingerprint density at radius 3 is 2.24 bits per heavy atom. The second-order valence-electron chi connectivity index (χ2n) is 7.12. The highest BCUT2D eigenvalue weighted by Crippen LogP contribution is 2.32. The summed E-state index contributed by atoms with van der Waals surface area (Å²) in [6, 6.07) is 25.1. The third kappa shape index (κ3) is 4.29. The molecular formula is C24H22N2O3. The van der Waals surface area contributed by atoms with Gasteiger partial charge in [0.1, 0.15) is 6.54 Å². The first-order valence-electron chi connectivity index (χ1n) is 9.56. The molecule has 0 saturated carbocycles. The minimum Gasteiger partial charge on any atom is -0.423 e. The van der Waals surface area contributed by atoms with Gasteiger partial charge >= 0.3 is 5.97 Å². The van der Waals surface area contributed by atoms with E-state index in [9.17, 15) is 9.59 Å². The van der Waals surface area contributed by atoms with Gasteiger partial charge in [0, 0.05) is 0 Å². The highest BCUT2D eigenvalue weighted by atomic mass is 16.5. The smallest absolute Gasteiger partial charge is 0.331 e. The van der Waals surface area contributed by atoms with Crippen LogP contribution in [0.1, 0.15) is 22.7 Å². The van der Waals surface area contributed by atoms with Crippen molar-refractivity contribution in [2.24, 2.45) is 0 Å². The summed E-state index contributed by atoms with van der Waals surface area (Å²) in [5.74, 6) is -0.0285. The molecule has 29 heavy (non-hydrogen) atoms. The minimum absolute atomic E-state index is 0.0464. The van der Waals surface area contributed by atoms with E-state index in [0.29, 0.717) is 5.75 Å². The van der Waals surface area contributed by atoms with Crippen LogP contribution in [0.2, 0.25) is 0 Å². The van der Waals surface area contributed by atoms with Gasteiger partial charge in [0.25, 0.3) is 0 Å². The third-order valence-corrected chi connectivity index (χ3v) is 4.91. The Hall–Kier alpha value is -3.60. The fourth-order valence-electron chi connectivity index (χ4n) is 3.53. The van der Waals surface area contributed by atoms with Crippen LogP contribution in [0.4, 0.5) is 5.69 Å². The van der Waals surface area contributed by atoms with Gasteiger partial charge in [0.05, 0.1) is 18.3 Å². The van der Waals surface area contributed by atoms with Crippen LogP contribution in [0.25, 0.3) is 0 Å². The van der Waals surface area contributed by atoms with Gasteiger partial charge in [-0.15, -0.1) is 0 Å². The van der Waals surface area contributed by atoms with Crippen LogP contribution in [-0.4, -0.2) is 25.0 Å². The summed E-state index contributed by atoms with van der Waals surface area (Å²) in [7, 11) is 0. The van der Waals surface area contributed by atoms with Gasteiger partial charge in [0.15, 0.2) is 5.75 Å². The van der Waals surface area contributed by atoms with Gasteiger partial charge in [-0.3, -0.25) is 4.79 Å². The summed E-state index contributed by atoms with van der Waals surface area (Å²) in [5, 5.41) is 3.12. The number of ether oxygens (including phenoxy) is 1. The zero-order chi connectivity index (χ0) is 20.2. The summed E-state index contributed by atoms with van der Waals surface area (Å²) >= 11 is 0. The molecule has 4 rings (SSSR count). The number of carbonyl (C=O) groups excluding carboxylic acids is 2. The molecule has 0 spiro atoms. The summed E-state index contributed by atoms with van der Waals surface area (Å²) in [5.41, 5.74) is 3.75. The van der Waals surface area contributed by atoms with Crippen LogP contribution in [-0.2, 0) is 9.59 Å². The lowest BCUT2D eigenvalue weighted by Gasteiger charge is -2.30. The van der Waals surface area contributed by atoms with E-state index in [-0.39, 0.29) is 31.0 Å². The molecule has 1 N–H and O–H groups in total. The molecule has 0 saturated heterocycles. The van der Waals surface area contributed by atoms with E-state index in [1.165, 1.54) is 0 Å². The Morgan fingerprint density at radius 2 is 1.62 bits per heavy atom. The number of benzene rings is 3. The van der Waals surface area contributed by atoms with Crippen molar-refractivity contribution in [3.8, 4) is 5.75 Å². The van der Waals surface area contributed by atoms with Gasteiger partial charge in [-0.05, 0) is 35.7 Å². The molecule has 0 aromatic heterocycles. The molecule has 0 bridgehead atoms. The zero-order valence-corrected chi connectivity index (χ0v) is 16.2. The standard InChI is InChI=1S/C24H22N2O3/c1-17-12-13-20-21(14-17)29-23(28)16-26(20)15-22(27)25-24(18-8-4-2-5-9-18)19-10-6-3-7-11-19/h2-14,24H,15-16H2,1H3,(H,25,27). The quantitative estimate of drug-likeness (QED) is 0.537. The average Bonchev–Trinajstić information content (AvgIpc) is 2.73. The monoisotopic (exact) mass is 386 g/mol. The van der Waals surface area contributed by atoms with Gasteiger partial charge in [-0.1, -0.05) is 66.7 Å². The topological polar surface area (TPSA) is 58.6 Å². The predicted molar refractivity (Wildman–Crippen MR) is 112 cm³/mol. The lowest BCUT2D eigenvalue weighted by atomic mass is 9.98. The fraction of sp³-hybridized carbons (Fsp3) is 0.167. The maximum atomic E-state index is 12.9. The van der Waals surface area contributed by atoms with Crippen molar-refractivity contribution in [2.75, 3.05) is 18.0 Å². The molecule has 1 aliphatic rings. The highest BCUT2D eigenvalue weighted by Gasteiger charge is 2.26. The highest BCUT2D eigenvalue weighted by molar-refractivity contribution is 5.89. The molecule has 146 valence electrons. The Labute approximate surface area is 169 Å². The summed E-state index contributed by atoms with van der Waals surface area (Å²) in [6.45, 7) is 2.05. The number of amides is 1. The van der Waals surface area contributed by atoms with Gasteiger partial charge in [0.2, 0.25) is 5.91 Å². The first kappa shape index (κ1) is 18.7. The van der Waals surface area contributed by atoms with Gasteiger partial charge in [-0.25, -0.2) is 4.79 Å². The van der Waals surface area contributed by atoms with Crippen LogP contribution >= 0.6 is 0 Å². The normalized spacial score (nSPS) is 13.0. The largest absolute Gasteiger partial charge is 0.423 e. The van der Waals surface area contributed by atoms with E-state index < -0.39 is 0 Å². The SMILES string of the molecule is Cc1ccc2c(c1)OC(=O)CN2CC(=O)NC(c1ccccc1)c1ccccc1. The van der Waals surface area contributed by atoms with Crippen LogP contribution in [0.3, 0.4) is 0 Å². The van der Waals surface area contributed by atoms with E-state index in [1.54, 1.807) is 4.90 Å². The molecule has 1 aliphatic heterocycles. The van der Waals surface area contributed by atoms with Crippen molar-refractivity contribution < 1.29 is 14.3 Å². The van der Waals surface area contributed by atoms with E-state index in [1.807, 2.05) is 85.8 Å². The molecule has 5 heteroatoms. The summed E-state index contributed by atoms with van der Waals surface area (Å²) in [6.07, 6.45) is 0. The van der Waals surface area contributed by atoms with Crippen LogP contribution in [0.5, 0.6) is 5.75 Å². The summed E-state index contributed by atoms with van der Waals surface area (Å²) in [4.78, 5) is 26.7. The third-order valence-electron chi connectivity index (χ3n) is 4.91. The molecule has 1 heterocycles. The lowest BCUT2D eigenvalue weighted by Crippen LogP contribution is -2.44. The van der Waals surface area contributed by atoms with Crippen molar-refractivity contribution in [2.45, 2.75) is 13.0 Å². The minimum atomic E-state index is -0.362. The second-order valence-corrected chi connectivity index (χ2v) is 7.12. The molecule has 0 fully saturated rings. The van der Waals surface area contributed by atoms with Crippen molar-refractivity contribution in [1.29, 1.82) is 0 Å². The Balaban J connectivity index is 1.56. The molecule has 3 aromatic carbocycles. The van der Waals surface area contributed by atoms with E-state index in [0.717, 1.165) is 22.4 Å². The van der Waals surface area contributed by atoms with Crippen molar-refractivity contribution in [3.05, 3.63) is 95.6 Å². The summed E-state index contributed by atoms with van der Waals surface area (Å²) < 4.78 is 5.33. The number of esters is 1. The van der Waals surface area contributed by atoms with Crippen molar-refractivity contribution in [1.82, 2.24) is 5.32 Å². The molecule has 3 aromatic rings. The lowest BCUT2D eigenvalue weighted by molar-refractivity contribution is -0.133. The molecule has 0 radical (unpaired) electrons. The zero-order valence-electron chi connectivity index (χ0n) is 16.2. The number of carbonyl (C=O) groups is 2. The maximum Gasteiger partial charge on any atom is 0.331 e. The maximum absolute atomic E-state index is 12.9. The number of anilines is 1. The average molecular weight is 386 g/mol. The van der Waals surface area contributed by atoms with Gasteiger partial charge in [-0.2, -0.15) is 0 Å². The number of aryl methyl sites for hydroxylation is 1. The van der Waals surface area contributed by atoms with E-state index in [2.05, 4.69) is 5.32 Å². The van der Waals surface area contributed by atoms with Gasteiger partial charge < -0.3 is 15.0 Å². The molecule has 1 amide bonds. The first-order valence-corrected chi connectivity index (χ1v) is 9.56. The number of hydrogen-bond donors (Lipinski definition) is 1. The number of rotatable bonds is 5.